The molecule has 1 aliphatic heterocycles. The quantitative estimate of drug-likeness (QED) is 0.776. The van der Waals surface area contributed by atoms with E-state index in [9.17, 15) is 9.59 Å². The van der Waals surface area contributed by atoms with Crippen LogP contribution in [0.15, 0.2) is 17.4 Å². The zero-order chi connectivity index (χ0) is 13.7. The Morgan fingerprint density at radius 3 is 2.63 bits per heavy atom. The molecule has 2 aliphatic rings. The van der Waals surface area contributed by atoms with Crippen molar-refractivity contribution in [2.24, 2.45) is 0 Å². The van der Waals surface area contributed by atoms with Gasteiger partial charge in [0.1, 0.15) is 5.69 Å². The summed E-state index contributed by atoms with van der Waals surface area (Å²) in [6.45, 7) is 4.28. The normalized spacial score (nSPS) is 17.6. The van der Waals surface area contributed by atoms with E-state index in [2.05, 4.69) is 6.08 Å². The standard InChI is InChI=1S/C15H15NO3/c1-8-10-6-4-5-7-16(10)12-11(8)14(18)15(19-3)9(2)13(12)17/h4,6H,5,7H2,1-3H3. The highest BCUT2D eigenvalue weighted by atomic mass is 16.5. The first kappa shape index (κ1) is 12.0. The van der Waals surface area contributed by atoms with Crippen LogP contribution in [0.3, 0.4) is 0 Å². The Morgan fingerprint density at radius 1 is 1.21 bits per heavy atom. The maximum atomic E-state index is 12.5. The number of fused-ring (bicyclic) bond motifs is 3. The molecule has 2 heterocycles. The van der Waals surface area contributed by atoms with Crippen molar-refractivity contribution in [3.8, 4) is 0 Å². The van der Waals surface area contributed by atoms with Crippen LogP contribution < -0.4 is 0 Å². The van der Waals surface area contributed by atoms with Gasteiger partial charge in [0.25, 0.3) is 0 Å². The fraction of sp³-hybridized carbons (Fsp3) is 0.333. The van der Waals surface area contributed by atoms with E-state index < -0.39 is 0 Å². The third-order valence-corrected chi connectivity index (χ3v) is 3.89. The van der Waals surface area contributed by atoms with Gasteiger partial charge in [-0.25, -0.2) is 0 Å². The Hall–Kier alpha value is -2.10. The van der Waals surface area contributed by atoms with Crippen molar-refractivity contribution < 1.29 is 14.3 Å². The predicted molar refractivity (Wildman–Crippen MR) is 71.2 cm³/mol. The Kier molecular flexibility index (Phi) is 2.49. The minimum atomic E-state index is -0.178. The molecule has 0 amide bonds. The average Bonchev–Trinajstić information content (AvgIpc) is 2.71. The lowest BCUT2D eigenvalue weighted by Gasteiger charge is -2.18. The van der Waals surface area contributed by atoms with Gasteiger partial charge in [0.15, 0.2) is 5.76 Å². The number of methoxy groups -OCH3 is 1. The molecule has 0 fully saturated rings. The fourth-order valence-electron chi connectivity index (χ4n) is 2.93. The Bertz CT molecular complexity index is 674. The molecule has 0 bridgehead atoms. The highest BCUT2D eigenvalue weighted by Crippen LogP contribution is 2.34. The maximum Gasteiger partial charge on any atom is 0.230 e. The first-order chi connectivity index (χ1) is 9.07. The first-order valence-electron chi connectivity index (χ1n) is 6.31. The lowest BCUT2D eigenvalue weighted by atomic mass is 9.92. The molecular weight excluding hydrogens is 242 g/mol. The number of aromatic nitrogens is 1. The van der Waals surface area contributed by atoms with E-state index in [0.717, 1.165) is 24.2 Å². The maximum absolute atomic E-state index is 12.5. The number of nitrogens with zero attached hydrogens (tertiary/aromatic N) is 1. The number of Topliss-reactive ketones (excluding diaryl/α,β-unsaturated/α-hetero) is 2. The van der Waals surface area contributed by atoms with Crippen molar-refractivity contribution in [1.29, 1.82) is 0 Å². The largest absolute Gasteiger partial charge is 0.492 e. The average molecular weight is 257 g/mol. The molecule has 0 N–H and O–H groups in total. The van der Waals surface area contributed by atoms with Gasteiger partial charge in [-0.1, -0.05) is 6.08 Å². The zero-order valence-corrected chi connectivity index (χ0v) is 11.2. The summed E-state index contributed by atoms with van der Waals surface area (Å²) in [6, 6.07) is 0. The van der Waals surface area contributed by atoms with Crippen LogP contribution in [0.2, 0.25) is 0 Å². The van der Waals surface area contributed by atoms with Crippen LogP contribution in [-0.4, -0.2) is 23.2 Å². The Labute approximate surface area is 111 Å². The second kappa shape index (κ2) is 3.95. The summed E-state index contributed by atoms with van der Waals surface area (Å²) in [5, 5.41) is 0. The molecule has 3 rings (SSSR count). The third-order valence-electron chi connectivity index (χ3n) is 3.89. The van der Waals surface area contributed by atoms with Crippen LogP contribution >= 0.6 is 0 Å². The molecule has 0 spiro atoms. The Morgan fingerprint density at radius 2 is 1.95 bits per heavy atom. The molecule has 4 heteroatoms. The van der Waals surface area contributed by atoms with E-state index >= 15 is 0 Å². The van der Waals surface area contributed by atoms with Crippen molar-refractivity contribution in [2.75, 3.05) is 7.11 Å². The van der Waals surface area contributed by atoms with Crippen molar-refractivity contribution in [3.05, 3.63) is 39.9 Å². The first-order valence-corrected chi connectivity index (χ1v) is 6.31. The summed E-state index contributed by atoms with van der Waals surface area (Å²) in [5.41, 5.74) is 3.26. The summed E-state index contributed by atoms with van der Waals surface area (Å²) < 4.78 is 7.07. The number of carbonyl (C=O) groups excluding carboxylic acids is 2. The van der Waals surface area contributed by atoms with E-state index in [-0.39, 0.29) is 17.3 Å². The van der Waals surface area contributed by atoms with Gasteiger partial charge in [-0.15, -0.1) is 0 Å². The smallest absolute Gasteiger partial charge is 0.230 e. The number of carbonyl (C=O) groups is 2. The predicted octanol–water partition coefficient (Wildman–Crippen LogP) is 2.51. The minimum Gasteiger partial charge on any atom is -0.492 e. The van der Waals surface area contributed by atoms with Crippen LogP contribution in [0.4, 0.5) is 0 Å². The number of ketones is 2. The van der Waals surface area contributed by atoms with Crippen LogP contribution in [0.1, 0.15) is 45.4 Å². The summed E-state index contributed by atoms with van der Waals surface area (Å²) in [4.78, 5) is 25.0. The molecule has 0 aromatic carbocycles. The Balaban J connectivity index is 2.34. The fourth-order valence-corrected chi connectivity index (χ4v) is 2.93. The summed E-state index contributed by atoms with van der Waals surface area (Å²) in [7, 11) is 1.43. The van der Waals surface area contributed by atoms with Gasteiger partial charge in [0.2, 0.25) is 11.6 Å². The highest BCUT2D eigenvalue weighted by Gasteiger charge is 2.37. The van der Waals surface area contributed by atoms with Gasteiger partial charge in [0.05, 0.1) is 12.7 Å². The van der Waals surface area contributed by atoms with Crippen molar-refractivity contribution in [2.45, 2.75) is 26.8 Å². The van der Waals surface area contributed by atoms with E-state index in [0.29, 0.717) is 16.8 Å². The number of hydrogen-bond acceptors (Lipinski definition) is 3. The molecule has 4 nitrogen and oxygen atoms in total. The van der Waals surface area contributed by atoms with Crippen molar-refractivity contribution >= 4 is 17.6 Å². The summed E-state index contributed by atoms with van der Waals surface area (Å²) in [5.74, 6) is -0.106. The molecule has 0 atom stereocenters. The third kappa shape index (κ3) is 1.40. The minimum absolute atomic E-state index is 0.101. The van der Waals surface area contributed by atoms with E-state index in [1.54, 1.807) is 6.92 Å². The van der Waals surface area contributed by atoms with Gasteiger partial charge in [-0.05, 0) is 31.9 Å². The molecule has 1 aliphatic carbocycles. The van der Waals surface area contributed by atoms with Gasteiger partial charge in [0, 0.05) is 17.8 Å². The van der Waals surface area contributed by atoms with E-state index in [1.165, 1.54) is 7.11 Å². The molecular formula is C15H15NO3. The van der Waals surface area contributed by atoms with Crippen LogP contribution in [0, 0.1) is 6.92 Å². The molecule has 1 aromatic heterocycles. The van der Waals surface area contributed by atoms with Gasteiger partial charge >= 0.3 is 0 Å². The van der Waals surface area contributed by atoms with E-state index in [1.807, 2.05) is 17.6 Å². The molecule has 0 saturated carbocycles. The topological polar surface area (TPSA) is 48.3 Å². The summed E-state index contributed by atoms with van der Waals surface area (Å²) >= 11 is 0. The monoisotopic (exact) mass is 257 g/mol. The molecule has 0 unspecified atom stereocenters. The molecule has 0 saturated heterocycles. The number of rotatable bonds is 1. The number of ether oxygens (including phenoxy) is 1. The number of allylic oxidation sites excluding steroid dienone is 3. The van der Waals surface area contributed by atoms with Crippen LogP contribution in [0.25, 0.3) is 6.08 Å². The number of hydrogen-bond donors (Lipinski definition) is 0. The molecule has 98 valence electrons. The molecule has 0 radical (unpaired) electrons. The lowest BCUT2D eigenvalue weighted by molar-refractivity contribution is 0.0902. The van der Waals surface area contributed by atoms with Crippen LogP contribution in [0.5, 0.6) is 0 Å². The molecule has 1 aromatic rings. The molecule has 19 heavy (non-hydrogen) atoms. The van der Waals surface area contributed by atoms with E-state index in [4.69, 9.17) is 4.74 Å². The highest BCUT2D eigenvalue weighted by molar-refractivity contribution is 6.26. The summed E-state index contributed by atoms with van der Waals surface area (Å²) in [6.07, 6.45) is 4.94. The SMILES string of the molecule is COC1=C(C)C(=O)c2c(c(C)c3n2CCC=C3)C1=O. The second-order valence-corrected chi connectivity index (χ2v) is 4.89. The zero-order valence-electron chi connectivity index (χ0n) is 11.2. The van der Waals surface area contributed by atoms with Crippen molar-refractivity contribution in [3.63, 3.8) is 0 Å². The van der Waals surface area contributed by atoms with Crippen LogP contribution in [-0.2, 0) is 11.3 Å². The van der Waals surface area contributed by atoms with Gasteiger partial charge < -0.3 is 9.30 Å². The second-order valence-electron chi connectivity index (χ2n) is 4.89. The van der Waals surface area contributed by atoms with Gasteiger partial charge in [-0.3, -0.25) is 9.59 Å². The lowest BCUT2D eigenvalue weighted by Crippen LogP contribution is -2.24. The van der Waals surface area contributed by atoms with Gasteiger partial charge in [-0.2, -0.15) is 0 Å². The van der Waals surface area contributed by atoms with Crippen molar-refractivity contribution in [1.82, 2.24) is 4.57 Å².